The summed E-state index contributed by atoms with van der Waals surface area (Å²) in [6.45, 7) is 13.7. The van der Waals surface area contributed by atoms with Crippen LogP contribution < -0.4 is 0 Å². The van der Waals surface area contributed by atoms with Gasteiger partial charge in [-0.05, 0) is 0 Å². The van der Waals surface area contributed by atoms with Crippen LogP contribution in [0.25, 0.3) is 0 Å². The maximum atomic E-state index is 5.97. The summed E-state index contributed by atoms with van der Waals surface area (Å²) >= 11 is 5.97. The summed E-state index contributed by atoms with van der Waals surface area (Å²) in [6.07, 6.45) is 52.6. The first-order chi connectivity index (χ1) is 30.5. The van der Waals surface area contributed by atoms with Crippen LogP contribution in [0.4, 0.5) is 11.4 Å². The Hall–Kier alpha value is -1.73. The molecule has 3 heteroatoms. The number of benzene rings is 2. The van der Waals surface area contributed by atoms with E-state index in [1.807, 2.05) is 0 Å². The van der Waals surface area contributed by atoms with E-state index in [2.05, 4.69) is 81.6 Å². The molecule has 0 saturated heterocycles. The van der Waals surface area contributed by atoms with Crippen LogP contribution in [0.5, 0.6) is 0 Å². The first-order valence-electron chi connectivity index (χ1n) is 27.6. The molecular formula is C59H102N2Ni+. The summed E-state index contributed by atoms with van der Waals surface area (Å²) in [6, 6.07) is 13.9. The SMILES string of the molecule is CCCCCCCCCCCCCCCCCCCCCCCCCCCCCC(=Nc1ccc(CC)c(CC)c1)C(CCCCCCCC)=[N+]([Ni])c1ccc(CC)c(CC)c1. The molecule has 0 aliphatic heterocycles. The first-order valence-corrected chi connectivity index (χ1v) is 28.1. The summed E-state index contributed by atoms with van der Waals surface area (Å²) in [5.41, 5.74) is 10.5. The third kappa shape index (κ3) is 26.3. The van der Waals surface area contributed by atoms with Gasteiger partial charge in [-0.3, -0.25) is 0 Å². The summed E-state index contributed by atoms with van der Waals surface area (Å²) in [5.74, 6) is 0. The second-order valence-corrected chi connectivity index (χ2v) is 19.5. The second-order valence-electron chi connectivity index (χ2n) is 19.0. The van der Waals surface area contributed by atoms with Gasteiger partial charge in [0.1, 0.15) is 0 Å². The van der Waals surface area contributed by atoms with Gasteiger partial charge in [0.2, 0.25) is 0 Å². The second kappa shape index (κ2) is 39.6. The van der Waals surface area contributed by atoms with Crippen molar-refractivity contribution in [2.24, 2.45) is 4.99 Å². The third-order valence-corrected chi connectivity index (χ3v) is 14.2. The van der Waals surface area contributed by atoms with Crippen molar-refractivity contribution in [2.45, 2.75) is 292 Å². The van der Waals surface area contributed by atoms with Crippen molar-refractivity contribution in [3.05, 3.63) is 58.7 Å². The minimum atomic E-state index is 1.01. The van der Waals surface area contributed by atoms with E-state index in [1.54, 1.807) is 0 Å². The van der Waals surface area contributed by atoms with E-state index in [0.29, 0.717) is 0 Å². The maximum absolute atomic E-state index is 5.97. The van der Waals surface area contributed by atoms with Gasteiger partial charge in [-0.2, -0.15) is 0 Å². The summed E-state index contributed by atoms with van der Waals surface area (Å²) in [7, 11) is 0. The normalized spacial score (nSPS) is 12.4. The van der Waals surface area contributed by atoms with E-state index < -0.39 is 0 Å². The Bertz CT molecular complexity index is 1420. The Balaban J connectivity index is 1.77. The fourth-order valence-electron chi connectivity index (χ4n) is 9.53. The van der Waals surface area contributed by atoms with Crippen LogP contribution in [-0.2, 0) is 41.4 Å². The molecule has 2 nitrogen and oxygen atoms in total. The molecule has 0 aliphatic carbocycles. The van der Waals surface area contributed by atoms with Gasteiger partial charge in [0.25, 0.3) is 0 Å². The van der Waals surface area contributed by atoms with E-state index in [1.165, 1.54) is 246 Å². The van der Waals surface area contributed by atoms with Gasteiger partial charge in [-0.15, -0.1) is 0 Å². The molecule has 0 heterocycles. The molecule has 0 fully saturated rings. The van der Waals surface area contributed by atoms with Crippen LogP contribution in [0.3, 0.4) is 0 Å². The molecule has 0 N–H and O–H groups in total. The average Bonchev–Trinajstić information content (AvgIpc) is 3.30. The van der Waals surface area contributed by atoms with Crippen LogP contribution in [0.1, 0.15) is 289 Å². The number of unbranched alkanes of at least 4 members (excludes halogenated alkanes) is 31. The van der Waals surface area contributed by atoms with Crippen molar-refractivity contribution in [3.8, 4) is 0 Å². The Kier molecular flexibility index (Phi) is 36.0. The molecule has 0 saturated carbocycles. The van der Waals surface area contributed by atoms with Crippen molar-refractivity contribution in [2.75, 3.05) is 0 Å². The Morgan fingerprint density at radius 2 is 0.694 bits per heavy atom. The van der Waals surface area contributed by atoms with E-state index in [-0.39, 0.29) is 0 Å². The van der Waals surface area contributed by atoms with Crippen LogP contribution in [0.15, 0.2) is 41.4 Å². The number of aliphatic imine (C=N–C) groups is 1. The molecule has 0 bridgehead atoms. The number of hydrogen-bond acceptors (Lipinski definition) is 1. The third-order valence-electron chi connectivity index (χ3n) is 13.7. The van der Waals surface area contributed by atoms with Crippen molar-refractivity contribution >= 4 is 22.8 Å². The molecule has 2 aromatic carbocycles. The molecule has 0 atom stereocenters. The number of aryl methyl sites for hydroxylation is 4. The van der Waals surface area contributed by atoms with Crippen molar-refractivity contribution in [1.82, 2.24) is 0 Å². The molecule has 0 unspecified atom stereocenters. The zero-order chi connectivity index (χ0) is 44.7. The van der Waals surface area contributed by atoms with Gasteiger partial charge in [0, 0.05) is 0 Å². The zero-order valence-corrected chi connectivity index (χ0v) is 43.2. The van der Waals surface area contributed by atoms with Crippen LogP contribution in [0.2, 0.25) is 0 Å². The van der Waals surface area contributed by atoms with Gasteiger partial charge in [0.15, 0.2) is 0 Å². The Labute approximate surface area is 395 Å². The number of rotatable bonds is 42. The quantitative estimate of drug-likeness (QED) is 0.0358. The monoisotopic (exact) mass is 897 g/mol. The van der Waals surface area contributed by atoms with Gasteiger partial charge in [-0.1, -0.05) is 129 Å². The molecule has 0 spiro atoms. The average molecular weight is 898 g/mol. The van der Waals surface area contributed by atoms with Gasteiger partial charge < -0.3 is 0 Å². The predicted molar refractivity (Wildman–Crippen MR) is 275 cm³/mol. The molecule has 0 aliphatic rings. The molecule has 0 amide bonds. The summed E-state index contributed by atoms with van der Waals surface area (Å²) in [4.78, 5) is 5.51. The molecule has 62 heavy (non-hydrogen) atoms. The van der Waals surface area contributed by atoms with Crippen LogP contribution in [0, 0.1) is 0 Å². The Morgan fingerprint density at radius 3 is 1.06 bits per heavy atom. The van der Waals surface area contributed by atoms with Crippen LogP contribution >= 0.6 is 0 Å². The first kappa shape index (κ1) is 56.4. The van der Waals surface area contributed by atoms with Gasteiger partial charge in [0.05, 0.1) is 0 Å². The van der Waals surface area contributed by atoms with Crippen LogP contribution in [-0.4, -0.2) is 15.1 Å². The van der Waals surface area contributed by atoms with E-state index >= 15 is 0 Å². The topological polar surface area (TPSA) is 15.4 Å². The van der Waals surface area contributed by atoms with Gasteiger partial charge >= 0.3 is 269 Å². The summed E-state index contributed by atoms with van der Waals surface area (Å²) in [5, 5.41) is 0. The van der Waals surface area contributed by atoms with Crippen molar-refractivity contribution in [3.63, 3.8) is 0 Å². The molecule has 2 rings (SSSR count). The van der Waals surface area contributed by atoms with E-state index in [4.69, 9.17) is 20.7 Å². The fourth-order valence-corrected chi connectivity index (χ4v) is 9.91. The fraction of sp³-hybridized carbons (Fsp3) is 0.763. The minimum absolute atomic E-state index is 1.01. The zero-order valence-electron chi connectivity index (χ0n) is 42.3. The van der Waals surface area contributed by atoms with Crippen molar-refractivity contribution < 1.29 is 19.3 Å². The molecule has 2 aromatic rings. The standard InChI is InChI=1S/C59H102N2.Ni/c1-7-13-15-17-19-20-21-22-23-24-25-26-27-28-29-30-31-32-33-34-35-36-37-38-39-41-43-45-59(61-57-49-47-53(10-4)55(12-6)51-57)58(44-42-40-18-16-14-8-2)60-56-48-46-52(9-3)54(11-5)50-56;/h46-51H,7-45H2,1-6H3;/q;+1. The molecule has 0 radical (unpaired) electrons. The molecular weight excluding hydrogens is 795 g/mol. The molecule has 357 valence electrons. The van der Waals surface area contributed by atoms with Crippen molar-refractivity contribution in [1.29, 1.82) is 0 Å². The number of hydrogen-bond donors (Lipinski definition) is 0. The van der Waals surface area contributed by atoms with E-state index in [9.17, 15) is 0 Å². The number of nitrogens with zero attached hydrogens (tertiary/aromatic N) is 2. The Morgan fingerprint density at radius 1 is 0.371 bits per heavy atom. The van der Waals surface area contributed by atoms with Gasteiger partial charge in [-0.25, -0.2) is 0 Å². The predicted octanol–water partition coefficient (Wildman–Crippen LogP) is 19.9. The molecule has 0 aromatic heterocycles. The summed E-state index contributed by atoms with van der Waals surface area (Å²) < 4.78 is 2.14. The van der Waals surface area contributed by atoms with E-state index in [0.717, 1.165) is 49.9 Å².